The molecule has 0 aromatic carbocycles. The summed E-state index contributed by atoms with van der Waals surface area (Å²) in [6.45, 7) is 7.93. The van der Waals surface area contributed by atoms with Gasteiger partial charge in [-0.05, 0) is 11.8 Å². The van der Waals surface area contributed by atoms with Crippen molar-refractivity contribution in [2.45, 2.75) is 26.7 Å². The Balaban J connectivity index is 2.32. The van der Waals surface area contributed by atoms with Gasteiger partial charge < -0.3 is 10.6 Å². The predicted molar refractivity (Wildman–Crippen MR) is 43.9 cm³/mol. The van der Waals surface area contributed by atoms with Gasteiger partial charge >= 0.3 is 0 Å². The minimum atomic E-state index is 0.507. The normalized spacial score (nSPS) is 24.6. The summed E-state index contributed by atoms with van der Waals surface area (Å²) in [5, 5.41) is 6.70. The van der Waals surface area contributed by atoms with E-state index in [4.69, 9.17) is 0 Å². The minimum absolute atomic E-state index is 0.507. The Morgan fingerprint density at radius 2 is 1.90 bits per heavy atom. The van der Waals surface area contributed by atoms with Crippen molar-refractivity contribution in [1.82, 2.24) is 10.6 Å². The van der Waals surface area contributed by atoms with Crippen molar-refractivity contribution in [3.05, 3.63) is 0 Å². The molecule has 1 fully saturated rings. The van der Waals surface area contributed by atoms with Crippen molar-refractivity contribution in [3.63, 3.8) is 0 Å². The van der Waals surface area contributed by atoms with Crippen molar-refractivity contribution in [3.8, 4) is 0 Å². The van der Waals surface area contributed by atoms with E-state index in [9.17, 15) is 0 Å². The van der Waals surface area contributed by atoms with Crippen molar-refractivity contribution in [2.75, 3.05) is 19.8 Å². The van der Waals surface area contributed by atoms with Crippen LogP contribution < -0.4 is 10.6 Å². The first-order valence-electron chi connectivity index (χ1n) is 4.18. The molecule has 0 amide bonds. The lowest BCUT2D eigenvalue weighted by atomic mass is 9.84. The van der Waals surface area contributed by atoms with E-state index in [1.807, 2.05) is 0 Å². The molecule has 0 aromatic heterocycles. The molecule has 0 aromatic rings. The lowest BCUT2D eigenvalue weighted by Crippen LogP contribution is -2.50. The summed E-state index contributed by atoms with van der Waals surface area (Å²) >= 11 is 0. The van der Waals surface area contributed by atoms with E-state index >= 15 is 0 Å². The molecule has 1 aliphatic heterocycles. The second kappa shape index (κ2) is 3.35. The molecule has 1 heterocycles. The topological polar surface area (TPSA) is 24.1 Å². The zero-order valence-corrected chi connectivity index (χ0v) is 7.04. The van der Waals surface area contributed by atoms with Crippen LogP contribution in [0.5, 0.6) is 0 Å². The summed E-state index contributed by atoms with van der Waals surface area (Å²) in [5.74, 6) is 0. The molecular weight excluding hydrogens is 124 g/mol. The standard InChI is InChI=1S/C8H18N2/c1-3-4-8(2)5-9-7-10-6-8/h9-10H,3-7H2,1-2H3. The van der Waals surface area contributed by atoms with Crippen molar-refractivity contribution in [1.29, 1.82) is 0 Å². The van der Waals surface area contributed by atoms with Gasteiger partial charge in [-0.2, -0.15) is 0 Å². The molecule has 0 bridgehead atoms. The van der Waals surface area contributed by atoms with Gasteiger partial charge in [0.05, 0.1) is 0 Å². The first kappa shape index (κ1) is 8.02. The molecule has 0 spiro atoms. The summed E-state index contributed by atoms with van der Waals surface area (Å²) in [6, 6.07) is 0. The third-order valence-electron chi connectivity index (χ3n) is 2.21. The molecule has 0 saturated carbocycles. The Kier molecular flexibility index (Phi) is 2.69. The highest BCUT2D eigenvalue weighted by atomic mass is 15.1. The largest absolute Gasteiger partial charge is 0.304 e. The summed E-state index contributed by atoms with van der Waals surface area (Å²) in [7, 11) is 0. The molecular formula is C8H18N2. The van der Waals surface area contributed by atoms with Crippen LogP contribution in [0.1, 0.15) is 26.7 Å². The van der Waals surface area contributed by atoms with E-state index in [1.165, 1.54) is 25.9 Å². The van der Waals surface area contributed by atoms with E-state index in [2.05, 4.69) is 24.5 Å². The Morgan fingerprint density at radius 3 is 2.40 bits per heavy atom. The molecule has 10 heavy (non-hydrogen) atoms. The average molecular weight is 142 g/mol. The Bertz CT molecular complexity index is 89.9. The van der Waals surface area contributed by atoms with E-state index in [0.29, 0.717) is 5.41 Å². The van der Waals surface area contributed by atoms with Gasteiger partial charge in [0, 0.05) is 19.8 Å². The van der Waals surface area contributed by atoms with Gasteiger partial charge in [0.1, 0.15) is 0 Å². The molecule has 0 radical (unpaired) electrons. The molecule has 1 aliphatic rings. The van der Waals surface area contributed by atoms with Crippen LogP contribution in [0, 0.1) is 5.41 Å². The highest BCUT2D eigenvalue weighted by Gasteiger charge is 2.24. The first-order chi connectivity index (χ1) is 4.77. The first-order valence-corrected chi connectivity index (χ1v) is 4.18. The summed E-state index contributed by atoms with van der Waals surface area (Å²) in [4.78, 5) is 0. The van der Waals surface area contributed by atoms with Crippen LogP contribution in [0.2, 0.25) is 0 Å². The lowest BCUT2D eigenvalue weighted by Gasteiger charge is -2.34. The van der Waals surface area contributed by atoms with Gasteiger partial charge in [-0.3, -0.25) is 0 Å². The smallest absolute Gasteiger partial charge is 0.0454 e. The summed E-state index contributed by atoms with van der Waals surface area (Å²) < 4.78 is 0. The maximum absolute atomic E-state index is 3.35. The highest BCUT2D eigenvalue weighted by Crippen LogP contribution is 2.22. The van der Waals surface area contributed by atoms with E-state index < -0.39 is 0 Å². The van der Waals surface area contributed by atoms with Crippen LogP contribution in [0.3, 0.4) is 0 Å². The molecule has 0 atom stereocenters. The van der Waals surface area contributed by atoms with Crippen LogP contribution in [0.4, 0.5) is 0 Å². The zero-order valence-electron chi connectivity index (χ0n) is 7.04. The van der Waals surface area contributed by atoms with Gasteiger partial charge in [0.2, 0.25) is 0 Å². The molecule has 0 unspecified atom stereocenters. The Morgan fingerprint density at radius 1 is 1.30 bits per heavy atom. The van der Waals surface area contributed by atoms with Crippen LogP contribution in [0.15, 0.2) is 0 Å². The van der Waals surface area contributed by atoms with E-state index in [1.54, 1.807) is 0 Å². The SMILES string of the molecule is CCCC1(C)CNCNC1. The van der Waals surface area contributed by atoms with Gasteiger partial charge in [-0.25, -0.2) is 0 Å². The van der Waals surface area contributed by atoms with E-state index in [0.717, 1.165) is 6.67 Å². The fraction of sp³-hybridized carbons (Fsp3) is 1.00. The molecule has 1 saturated heterocycles. The number of rotatable bonds is 2. The fourth-order valence-corrected chi connectivity index (χ4v) is 1.66. The minimum Gasteiger partial charge on any atom is -0.304 e. The van der Waals surface area contributed by atoms with Gasteiger partial charge in [-0.15, -0.1) is 0 Å². The number of nitrogens with one attached hydrogen (secondary N) is 2. The molecule has 0 aliphatic carbocycles. The van der Waals surface area contributed by atoms with Crippen molar-refractivity contribution >= 4 is 0 Å². The van der Waals surface area contributed by atoms with Gasteiger partial charge in [0.25, 0.3) is 0 Å². The van der Waals surface area contributed by atoms with Crippen molar-refractivity contribution < 1.29 is 0 Å². The third-order valence-corrected chi connectivity index (χ3v) is 2.21. The molecule has 1 rings (SSSR count). The summed E-state index contributed by atoms with van der Waals surface area (Å²) in [5.41, 5.74) is 0.507. The maximum atomic E-state index is 3.35. The lowest BCUT2D eigenvalue weighted by molar-refractivity contribution is 0.223. The monoisotopic (exact) mass is 142 g/mol. The van der Waals surface area contributed by atoms with E-state index in [-0.39, 0.29) is 0 Å². The fourth-order valence-electron chi connectivity index (χ4n) is 1.66. The Hall–Kier alpha value is -0.0800. The second-order valence-electron chi connectivity index (χ2n) is 3.59. The average Bonchev–Trinajstić information content (AvgIpc) is 1.89. The van der Waals surface area contributed by atoms with Crippen LogP contribution in [0.25, 0.3) is 0 Å². The van der Waals surface area contributed by atoms with Crippen molar-refractivity contribution in [2.24, 2.45) is 5.41 Å². The van der Waals surface area contributed by atoms with Crippen LogP contribution >= 0.6 is 0 Å². The zero-order chi connectivity index (χ0) is 7.45. The number of hydrogen-bond donors (Lipinski definition) is 2. The second-order valence-corrected chi connectivity index (χ2v) is 3.59. The predicted octanol–water partition coefficient (Wildman–Crippen LogP) is 0.943. The molecule has 2 nitrogen and oxygen atoms in total. The van der Waals surface area contributed by atoms with Crippen LogP contribution in [-0.2, 0) is 0 Å². The van der Waals surface area contributed by atoms with Gasteiger partial charge in [0.15, 0.2) is 0 Å². The molecule has 2 heteroatoms. The molecule has 2 N–H and O–H groups in total. The van der Waals surface area contributed by atoms with Crippen LogP contribution in [-0.4, -0.2) is 19.8 Å². The Labute approximate surface area is 63.4 Å². The maximum Gasteiger partial charge on any atom is 0.0454 e. The highest BCUT2D eigenvalue weighted by molar-refractivity contribution is 4.81. The quantitative estimate of drug-likeness (QED) is 0.599. The third kappa shape index (κ3) is 1.96. The van der Waals surface area contributed by atoms with Gasteiger partial charge in [-0.1, -0.05) is 20.3 Å². The summed E-state index contributed by atoms with van der Waals surface area (Å²) in [6.07, 6.45) is 2.62. The molecule has 60 valence electrons. The number of hydrogen-bond acceptors (Lipinski definition) is 2.